The number of alkyl carbamates (subject to hydrolysis) is 1. The molecule has 0 saturated carbocycles. The standard InChI is InChI=1S/C22H26N4O3/c1-15(2)19(25-22(28)29-3)21(27)26-13-7-10-18(26)20-23-14-17(24-20)12-11-16-8-5-4-6-9-16/h4-6,8-9,14-15,18-19H,7,10,13H2,1-3H3,(H,23,24)(H,25,28)/t18-,19-/m1/s1. The number of methoxy groups -OCH3 is 1. The summed E-state index contributed by atoms with van der Waals surface area (Å²) in [6.45, 7) is 4.42. The first-order chi connectivity index (χ1) is 14.0. The Balaban J connectivity index is 1.75. The number of aromatic nitrogens is 2. The number of hydrogen-bond acceptors (Lipinski definition) is 4. The summed E-state index contributed by atoms with van der Waals surface area (Å²) in [5.74, 6) is 6.70. The molecule has 0 spiro atoms. The number of amides is 2. The summed E-state index contributed by atoms with van der Waals surface area (Å²) in [6.07, 6.45) is 2.78. The highest BCUT2D eigenvalue weighted by Crippen LogP contribution is 2.31. The third-order valence-electron chi connectivity index (χ3n) is 4.95. The van der Waals surface area contributed by atoms with Gasteiger partial charge in [-0.05, 0) is 36.8 Å². The average molecular weight is 394 g/mol. The Morgan fingerprint density at radius 3 is 2.72 bits per heavy atom. The van der Waals surface area contributed by atoms with E-state index in [0.29, 0.717) is 18.1 Å². The van der Waals surface area contributed by atoms with Crippen LogP contribution in [0.25, 0.3) is 0 Å². The van der Waals surface area contributed by atoms with Crippen LogP contribution in [-0.4, -0.2) is 46.6 Å². The van der Waals surface area contributed by atoms with Crippen LogP contribution in [0.4, 0.5) is 4.79 Å². The Kier molecular flexibility index (Phi) is 6.55. The molecule has 0 bridgehead atoms. The van der Waals surface area contributed by atoms with Crippen LogP contribution in [0.5, 0.6) is 0 Å². The van der Waals surface area contributed by atoms with E-state index in [1.807, 2.05) is 44.2 Å². The van der Waals surface area contributed by atoms with Crippen LogP contribution in [0.1, 0.15) is 49.8 Å². The predicted molar refractivity (Wildman–Crippen MR) is 109 cm³/mol. The number of hydrogen-bond donors (Lipinski definition) is 2. The number of nitrogens with one attached hydrogen (secondary N) is 2. The van der Waals surface area contributed by atoms with Gasteiger partial charge in [-0.3, -0.25) is 4.79 Å². The zero-order valence-corrected chi connectivity index (χ0v) is 16.9. The Hall–Kier alpha value is -3.27. The number of aromatic amines is 1. The fraction of sp³-hybridized carbons (Fsp3) is 0.409. The second kappa shape index (κ2) is 9.28. The fourth-order valence-corrected chi connectivity index (χ4v) is 3.42. The largest absolute Gasteiger partial charge is 0.453 e. The van der Waals surface area contributed by atoms with Gasteiger partial charge in [0.25, 0.3) is 0 Å². The Morgan fingerprint density at radius 2 is 2.03 bits per heavy atom. The van der Waals surface area contributed by atoms with Gasteiger partial charge < -0.3 is 19.9 Å². The molecule has 1 saturated heterocycles. The monoisotopic (exact) mass is 394 g/mol. The van der Waals surface area contributed by atoms with Crippen molar-refractivity contribution in [2.45, 2.75) is 38.8 Å². The number of nitrogens with zero attached hydrogens (tertiary/aromatic N) is 2. The minimum Gasteiger partial charge on any atom is -0.453 e. The molecule has 3 rings (SSSR count). The van der Waals surface area contributed by atoms with E-state index in [1.165, 1.54) is 7.11 Å². The van der Waals surface area contributed by atoms with Gasteiger partial charge in [0.05, 0.1) is 19.3 Å². The topological polar surface area (TPSA) is 87.3 Å². The van der Waals surface area contributed by atoms with Gasteiger partial charge in [-0.2, -0.15) is 0 Å². The average Bonchev–Trinajstić information content (AvgIpc) is 3.39. The molecular weight excluding hydrogens is 368 g/mol. The molecule has 0 radical (unpaired) electrons. The summed E-state index contributed by atoms with van der Waals surface area (Å²) in [5, 5.41) is 2.65. The normalized spacial score (nSPS) is 16.8. The van der Waals surface area contributed by atoms with E-state index in [-0.39, 0.29) is 17.9 Å². The molecule has 1 fully saturated rings. The van der Waals surface area contributed by atoms with E-state index in [0.717, 1.165) is 18.4 Å². The zero-order chi connectivity index (χ0) is 20.8. The van der Waals surface area contributed by atoms with Gasteiger partial charge >= 0.3 is 6.09 Å². The van der Waals surface area contributed by atoms with Crippen LogP contribution in [0.3, 0.4) is 0 Å². The number of imidazole rings is 1. The van der Waals surface area contributed by atoms with Crippen molar-refractivity contribution in [2.75, 3.05) is 13.7 Å². The summed E-state index contributed by atoms with van der Waals surface area (Å²) < 4.78 is 4.67. The number of benzene rings is 1. The van der Waals surface area contributed by atoms with E-state index in [4.69, 9.17) is 0 Å². The molecular formula is C22H26N4O3. The van der Waals surface area contributed by atoms with E-state index >= 15 is 0 Å². The molecule has 2 N–H and O–H groups in total. The number of ether oxygens (including phenoxy) is 1. The lowest BCUT2D eigenvalue weighted by molar-refractivity contribution is -0.135. The van der Waals surface area contributed by atoms with Crippen LogP contribution in [-0.2, 0) is 9.53 Å². The van der Waals surface area contributed by atoms with Gasteiger partial charge in [-0.15, -0.1) is 0 Å². The van der Waals surface area contributed by atoms with Crippen LogP contribution in [0.2, 0.25) is 0 Å². The van der Waals surface area contributed by atoms with Gasteiger partial charge in [-0.25, -0.2) is 9.78 Å². The van der Waals surface area contributed by atoms with Crippen molar-refractivity contribution in [2.24, 2.45) is 5.92 Å². The number of carbonyl (C=O) groups is 2. The lowest BCUT2D eigenvalue weighted by Crippen LogP contribution is -2.51. The van der Waals surface area contributed by atoms with Crippen LogP contribution < -0.4 is 5.32 Å². The summed E-state index contributed by atoms with van der Waals surface area (Å²) in [7, 11) is 1.29. The van der Waals surface area contributed by atoms with Gasteiger partial charge in [0.1, 0.15) is 17.6 Å². The summed E-state index contributed by atoms with van der Waals surface area (Å²) in [5.41, 5.74) is 1.63. The molecule has 0 aliphatic carbocycles. The zero-order valence-electron chi connectivity index (χ0n) is 16.9. The molecule has 152 valence electrons. The molecule has 1 aliphatic rings. The van der Waals surface area contributed by atoms with Gasteiger partial charge in [0, 0.05) is 12.1 Å². The molecule has 2 aromatic rings. The molecule has 1 aromatic carbocycles. The van der Waals surface area contributed by atoms with E-state index in [1.54, 1.807) is 11.1 Å². The number of rotatable bonds is 4. The minimum atomic E-state index is -0.643. The fourth-order valence-electron chi connectivity index (χ4n) is 3.42. The van der Waals surface area contributed by atoms with Gasteiger partial charge in [0.2, 0.25) is 5.91 Å². The molecule has 2 heterocycles. The third kappa shape index (κ3) is 4.96. The first-order valence-electron chi connectivity index (χ1n) is 9.76. The highest BCUT2D eigenvalue weighted by Gasteiger charge is 2.37. The van der Waals surface area contributed by atoms with Crippen molar-refractivity contribution < 1.29 is 14.3 Å². The van der Waals surface area contributed by atoms with E-state index < -0.39 is 12.1 Å². The third-order valence-corrected chi connectivity index (χ3v) is 4.95. The highest BCUT2D eigenvalue weighted by atomic mass is 16.5. The van der Waals surface area contributed by atoms with Crippen LogP contribution >= 0.6 is 0 Å². The van der Waals surface area contributed by atoms with E-state index in [2.05, 4.69) is 31.9 Å². The number of H-pyrrole nitrogens is 1. The first-order valence-corrected chi connectivity index (χ1v) is 9.76. The quantitative estimate of drug-likeness (QED) is 0.781. The number of carbonyl (C=O) groups excluding carboxylic acids is 2. The van der Waals surface area contributed by atoms with Gasteiger partial charge in [0.15, 0.2) is 0 Å². The molecule has 7 nitrogen and oxygen atoms in total. The van der Waals surface area contributed by atoms with Crippen molar-refractivity contribution in [1.29, 1.82) is 0 Å². The van der Waals surface area contributed by atoms with Crippen molar-refractivity contribution in [3.05, 3.63) is 53.6 Å². The summed E-state index contributed by atoms with van der Waals surface area (Å²) in [4.78, 5) is 34.3. The maximum atomic E-state index is 13.1. The highest BCUT2D eigenvalue weighted by molar-refractivity contribution is 5.86. The molecule has 1 aliphatic heterocycles. The molecule has 7 heteroatoms. The van der Waals surface area contributed by atoms with Crippen molar-refractivity contribution in [1.82, 2.24) is 20.2 Å². The molecule has 2 amide bonds. The maximum absolute atomic E-state index is 13.1. The van der Waals surface area contributed by atoms with Crippen molar-refractivity contribution >= 4 is 12.0 Å². The first kappa shape index (κ1) is 20.5. The van der Waals surface area contributed by atoms with E-state index in [9.17, 15) is 9.59 Å². The second-order valence-corrected chi connectivity index (χ2v) is 7.35. The molecule has 0 unspecified atom stereocenters. The second-order valence-electron chi connectivity index (χ2n) is 7.35. The SMILES string of the molecule is COC(=O)N[C@@H](C(=O)N1CCC[C@@H]1c1ncc(C#Cc2ccccc2)[nH]1)C(C)C. The molecule has 29 heavy (non-hydrogen) atoms. The summed E-state index contributed by atoms with van der Waals surface area (Å²) >= 11 is 0. The van der Waals surface area contributed by atoms with Crippen molar-refractivity contribution in [3.8, 4) is 11.8 Å². The maximum Gasteiger partial charge on any atom is 0.407 e. The van der Waals surface area contributed by atoms with Crippen molar-refractivity contribution in [3.63, 3.8) is 0 Å². The minimum absolute atomic E-state index is 0.0632. The lowest BCUT2D eigenvalue weighted by Gasteiger charge is -2.29. The van der Waals surface area contributed by atoms with Gasteiger partial charge in [-0.1, -0.05) is 38.0 Å². The smallest absolute Gasteiger partial charge is 0.407 e. The Bertz CT molecular complexity index is 911. The Labute approximate surface area is 170 Å². The summed E-state index contributed by atoms with van der Waals surface area (Å²) in [6, 6.07) is 8.93. The molecule has 1 aromatic heterocycles. The van der Waals surface area contributed by atoms with Crippen LogP contribution in [0.15, 0.2) is 36.5 Å². The Morgan fingerprint density at radius 1 is 1.28 bits per heavy atom. The predicted octanol–water partition coefficient (Wildman–Crippen LogP) is 2.85. The number of likely N-dealkylation sites (tertiary alicyclic amines) is 1. The lowest BCUT2D eigenvalue weighted by atomic mass is 10.0. The molecule has 2 atom stereocenters. The van der Waals surface area contributed by atoms with Crippen LogP contribution in [0, 0.1) is 17.8 Å².